The van der Waals surface area contributed by atoms with E-state index in [0.29, 0.717) is 26.1 Å². The summed E-state index contributed by atoms with van der Waals surface area (Å²) in [5, 5.41) is 0. The molecule has 1 aliphatic heterocycles. The van der Waals surface area contributed by atoms with Crippen molar-refractivity contribution in [3.05, 3.63) is 0 Å². The third-order valence-electron chi connectivity index (χ3n) is 3.44. The standard InChI is InChI=1S/C12H21F3N2O/c1-3-17(4-2)11(18)9-16-7-5-6-10(8-16)12(13,14)15/h10H,3-9H2,1-2H3/t10-/m1/s1. The van der Waals surface area contributed by atoms with Gasteiger partial charge in [-0.3, -0.25) is 9.69 Å². The smallest absolute Gasteiger partial charge is 0.342 e. The predicted molar refractivity (Wildman–Crippen MR) is 63.1 cm³/mol. The maximum Gasteiger partial charge on any atom is 0.393 e. The van der Waals surface area contributed by atoms with Gasteiger partial charge in [0.25, 0.3) is 0 Å². The van der Waals surface area contributed by atoms with Gasteiger partial charge < -0.3 is 4.90 Å². The van der Waals surface area contributed by atoms with Gasteiger partial charge in [0.2, 0.25) is 5.91 Å². The quantitative estimate of drug-likeness (QED) is 0.778. The molecule has 106 valence electrons. The topological polar surface area (TPSA) is 23.6 Å². The summed E-state index contributed by atoms with van der Waals surface area (Å²) in [4.78, 5) is 15.1. The third kappa shape index (κ3) is 4.15. The lowest BCUT2D eigenvalue weighted by molar-refractivity contribution is -0.187. The van der Waals surface area contributed by atoms with Crippen molar-refractivity contribution in [1.82, 2.24) is 9.80 Å². The first-order valence-electron chi connectivity index (χ1n) is 6.45. The van der Waals surface area contributed by atoms with Gasteiger partial charge in [0.15, 0.2) is 0 Å². The monoisotopic (exact) mass is 266 g/mol. The van der Waals surface area contributed by atoms with Crippen LogP contribution in [0.5, 0.6) is 0 Å². The van der Waals surface area contributed by atoms with E-state index in [1.807, 2.05) is 13.8 Å². The molecule has 0 saturated carbocycles. The molecule has 0 unspecified atom stereocenters. The van der Waals surface area contributed by atoms with Crippen molar-refractivity contribution < 1.29 is 18.0 Å². The Labute approximate surface area is 106 Å². The van der Waals surface area contributed by atoms with Crippen LogP contribution in [-0.2, 0) is 4.79 Å². The van der Waals surface area contributed by atoms with E-state index in [1.54, 1.807) is 9.80 Å². The molecule has 1 fully saturated rings. The van der Waals surface area contributed by atoms with E-state index < -0.39 is 12.1 Å². The zero-order valence-corrected chi connectivity index (χ0v) is 11.0. The summed E-state index contributed by atoms with van der Waals surface area (Å²) in [5.74, 6) is -1.36. The van der Waals surface area contributed by atoms with Crippen LogP contribution in [-0.4, -0.2) is 54.6 Å². The highest BCUT2D eigenvalue weighted by Crippen LogP contribution is 2.32. The fraction of sp³-hybridized carbons (Fsp3) is 0.917. The lowest BCUT2D eigenvalue weighted by Gasteiger charge is -2.34. The van der Waals surface area contributed by atoms with Crippen molar-refractivity contribution >= 4 is 5.91 Å². The first-order chi connectivity index (χ1) is 8.38. The Morgan fingerprint density at radius 3 is 2.44 bits per heavy atom. The van der Waals surface area contributed by atoms with Crippen LogP contribution in [0.3, 0.4) is 0 Å². The van der Waals surface area contributed by atoms with Gasteiger partial charge in [0, 0.05) is 19.6 Å². The van der Waals surface area contributed by atoms with Gasteiger partial charge in [-0.1, -0.05) is 0 Å². The van der Waals surface area contributed by atoms with Crippen LogP contribution in [0.25, 0.3) is 0 Å². The molecule has 0 bridgehead atoms. The van der Waals surface area contributed by atoms with E-state index in [4.69, 9.17) is 0 Å². The number of likely N-dealkylation sites (tertiary alicyclic amines) is 1. The van der Waals surface area contributed by atoms with Crippen LogP contribution in [0.2, 0.25) is 0 Å². The van der Waals surface area contributed by atoms with Crippen LogP contribution >= 0.6 is 0 Å². The second-order valence-electron chi connectivity index (χ2n) is 4.68. The Morgan fingerprint density at radius 2 is 1.94 bits per heavy atom. The number of rotatable bonds is 4. The van der Waals surface area contributed by atoms with E-state index in [0.717, 1.165) is 0 Å². The highest BCUT2D eigenvalue weighted by atomic mass is 19.4. The van der Waals surface area contributed by atoms with Crippen LogP contribution < -0.4 is 0 Å². The Hall–Kier alpha value is -0.780. The Bertz CT molecular complexity index is 277. The average molecular weight is 266 g/mol. The maximum atomic E-state index is 12.6. The number of halogens is 3. The summed E-state index contributed by atoms with van der Waals surface area (Å²) < 4.78 is 37.9. The molecule has 0 N–H and O–H groups in total. The molecule has 6 heteroatoms. The van der Waals surface area contributed by atoms with E-state index in [1.165, 1.54) is 0 Å². The van der Waals surface area contributed by atoms with E-state index in [9.17, 15) is 18.0 Å². The first-order valence-corrected chi connectivity index (χ1v) is 6.45. The van der Waals surface area contributed by atoms with Crippen LogP contribution in [0, 0.1) is 5.92 Å². The molecule has 0 aromatic carbocycles. The van der Waals surface area contributed by atoms with Crippen molar-refractivity contribution in [2.45, 2.75) is 32.9 Å². The Balaban J connectivity index is 2.50. The Kier molecular flexibility index (Phi) is 5.44. The minimum atomic E-state index is -4.14. The van der Waals surface area contributed by atoms with Gasteiger partial charge >= 0.3 is 6.18 Å². The number of piperidine rings is 1. The molecule has 1 amide bonds. The minimum Gasteiger partial charge on any atom is -0.342 e. The lowest BCUT2D eigenvalue weighted by atomic mass is 9.97. The van der Waals surface area contributed by atoms with Crippen LogP contribution in [0.1, 0.15) is 26.7 Å². The lowest BCUT2D eigenvalue weighted by Crippen LogP contribution is -2.46. The predicted octanol–water partition coefficient (Wildman–Crippen LogP) is 2.13. The van der Waals surface area contributed by atoms with Crippen molar-refractivity contribution in [2.75, 3.05) is 32.7 Å². The maximum absolute atomic E-state index is 12.6. The molecule has 1 heterocycles. The summed E-state index contributed by atoms with van der Waals surface area (Å²) in [6.07, 6.45) is -3.45. The number of amides is 1. The SMILES string of the molecule is CCN(CC)C(=O)CN1CCC[C@@H](C(F)(F)F)C1. The van der Waals surface area contributed by atoms with Crippen molar-refractivity contribution in [1.29, 1.82) is 0 Å². The highest BCUT2D eigenvalue weighted by Gasteiger charge is 2.41. The average Bonchev–Trinajstić information content (AvgIpc) is 2.29. The van der Waals surface area contributed by atoms with E-state index >= 15 is 0 Å². The van der Waals surface area contributed by atoms with Crippen molar-refractivity contribution in [3.8, 4) is 0 Å². The molecule has 1 aliphatic rings. The molecule has 1 atom stereocenters. The summed E-state index contributed by atoms with van der Waals surface area (Å²) in [7, 11) is 0. The molecular weight excluding hydrogens is 245 g/mol. The molecule has 1 saturated heterocycles. The fourth-order valence-electron chi connectivity index (χ4n) is 2.33. The minimum absolute atomic E-state index is 0.0451. The molecule has 0 aliphatic carbocycles. The number of carbonyl (C=O) groups is 1. The van der Waals surface area contributed by atoms with Crippen LogP contribution in [0.15, 0.2) is 0 Å². The van der Waals surface area contributed by atoms with Crippen molar-refractivity contribution in [2.24, 2.45) is 5.92 Å². The summed E-state index contributed by atoms with van der Waals surface area (Å²) in [6.45, 7) is 5.59. The number of carbonyl (C=O) groups excluding carboxylic acids is 1. The number of hydrogen-bond donors (Lipinski definition) is 0. The van der Waals surface area contributed by atoms with Crippen molar-refractivity contribution in [3.63, 3.8) is 0 Å². The number of likely N-dealkylation sites (N-methyl/N-ethyl adjacent to an activating group) is 1. The summed E-state index contributed by atoms with van der Waals surface area (Å²) >= 11 is 0. The second kappa shape index (κ2) is 6.41. The van der Waals surface area contributed by atoms with Gasteiger partial charge in [-0.05, 0) is 33.2 Å². The van der Waals surface area contributed by atoms with Gasteiger partial charge in [-0.2, -0.15) is 13.2 Å². The molecule has 0 spiro atoms. The largest absolute Gasteiger partial charge is 0.393 e. The molecule has 0 radical (unpaired) electrons. The molecule has 18 heavy (non-hydrogen) atoms. The first kappa shape index (κ1) is 15.3. The van der Waals surface area contributed by atoms with Gasteiger partial charge in [-0.15, -0.1) is 0 Å². The number of hydrogen-bond acceptors (Lipinski definition) is 2. The number of nitrogens with zero attached hydrogens (tertiary/aromatic N) is 2. The normalized spacial score (nSPS) is 21.9. The van der Waals surface area contributed by atoms with E-state index in [-0.39, 0.29) is 25.4 Å². The molecule has 0 aromatic rings. The zero-order chi connectivity index (χ0) is 13.8. The third-order valence-corrected chi connectivity index (χ3v) is 3.44. The molecule has 0 aromatic heterocycles. The summed E-state index contributed by atoms with van der Waals surface area (Å²) in [5.41, 5.74) is 0. The molecular formula is C12H21F3N2O. The highest BCUT2D eigenvalue weighted by molar-refractivity contribution is 5.78. The Morgan fingerprint density at radius 1 is 1.33 bits per heavy atom. The van der Waals surface area contributed by atoms with Gasteiger partial charge in [-0.25, -0.2) is 0 Å². The number of alkyl halides is 3. The van der Waals surface area contributed by atoms with Gasteiger partial charge in [0.05, 0.1) is 12.5 Å². The van der Waals surface area contributed by atoms with Gasteiger partial charge in [0.1, 0.15) is 0 Å². The summed E-state index contributed by atoms with van der Waals surface area (Å²) in [6, 6.07) is 0. The second-order valence-corrected chi connectivity index (χ2v) is 4.68. The zero-order valence-electron chi connectivity index (χ0n) is 11.0. The molecule has 1 rings (SSSR count). The van der Waals surface area contributed by atoms with E-state index in [2.05, 4.69) is 0 Å². The fourth-order valence-corrected chi connectivity index (χ4v) is 2.33. The van der Waals surface area contributed by atoms with Crippen LogP contribution in [0.4, 0.5) is 13.2 Å². The molecule has 3 nitrogen and oxygen atoms in total.